The summed E-state index contributed by atoms with van der Waals surface area (Å²) in [4.78, 5) is 10.3. The van der Waals surface area contributed by atoms with Crippen LogP contribution in [0.4, 0.5) is 0 Å². The second kappa shape index (κ2) is 5.97. The number of hydrogen-bond donors (Lipinski definition) is 2. The molecule has 0 rings (SSSR count). The average molecular weight is 175 g/mol. The maximum atomic E-state index is 10.3. The van der Waals surface area contributed by atoms with Gasteiger partial charge in [-0.25, -0.2) is 0 Å². The molecule has 4 heteroatoms. The van der Waals surface area contributed by atoms with Crippen LogP contribution in [0.1, 0.15) is 20.3 Å². The van der Waals surface area contributed by atoms with Crippen molar-refractivity contribution in [2.75, 3.05) is 13.2 Å². The van der Waals surface area contributed by atoms with Crippen LogP contribution in [0.2, 0.25) is 0 Å². The Bertz CT molecular complexity index is 136. The van der Waals surface area contributed by atoms with E-state index in [9.17, 15) is 4.79 Å². The number of ether oxygens (including phenoxy) is 1. The summed E-state index contributed by atoms with van der Waals surface area (Å²) < 4.78 is 5.25. The lowest BCUT2D eigenvalue weighted by atomic mass is 10.1. The lowest BCUT2D eigenvalue weighted by Gasteiger charge is -2.14. The Morgan fingerprint density at radius 2 is 2.17 bits per heavy atom. The van der Waals surface area contributed by atoms with Gasteiger partial charge >= 0.3 is 5.97 Å². The number of carbonyl (C=O) groups is 1. The van der Waals surface area contributed by atoms with Gasteiger partial charge in [0.05, 0.1) is 19.1 Å². The summed E-state index contributed by atoms with van der Waals surface area (Å²) in [5.41, 5.74) is 5.36. The highest BCUT2D eigenvalue weighted by atomic mass is 16.5. The van der Waals surface area contributed by atoms with Crippen molar-refractivity contribution in [1.29, 1.82) is 0 Å². The molecule has 0 aromatic rings. The van der Waals surface area contributed by atoms with Crippen molar-refractivity contribution in [2.45, 2.75) is 26.4 Å². The molecule has 0 aromatic carbocycles. The average Bonchev–Trinajstić information content (AvgIpc) is 1.97. The first kappa shape index (κ1) is 11.4. The van der Waals surface area contributed by atoms with Crippen molar-refractivity contribution >= 4 is 5.97 Å². The quantitative estimate of drug-likeness (QED) is 0.615. The molecule has 0 aliphatic heterocycles. The third kappa shape index (κ3) is 6.12. The lowest BCUT2D eigenvalue weighted by molar-refractivity contribution is -0.138. The summed E-state index contributed by atoms with van der Waals surface area (Å²) in [5.74, 6) is -0.886. The number of rotatable bonds is 6. The van der Waals surface area contributed by atoms with E-state index in [-0.39, 0.29) is 18.4 Å². The molecular formula is C8H17NO3. The smallest absolute Gasteiger partial charge is 0.303 e. The van der Waals surface area contributed by atoms with E-state index < -0.39 is 5.97 Å². The van der Waals surface area contributed by atoms with Gasteiger partial charge in [-0.3, -0.25) is 4.79 Å². The first-order valence-corrected chi connectivity index (χ1v) is 4.09. The molecule has 0 bridgehead atoms. The minimum absolute atomic E-state index is 0.0649. The standard InChI is InChI=1S/C8H17NO3/c1-6(2)12-5-7(4-9)3-8(10)11/h6-7H,3-5,9H2,1-2H3,(H,10,11). The first-order chi connectivity index (χ1) is 5.56. The van der Waals surface area contributed by atoms with Crippen molar-refractivity contribution in [3.05, 3.63) is 0 Å². The van der Waals surface area contributed by atoms with Crippen LogP contribution in [0.5, 0.6) is 0 Å². The summed E-state index contributed by atoms with van der Waals surface area (Å²) in [6.07, 6.45) is 0.219. The van der Waals surface area contributed by atoms with Crippen LogP contribution in [0.3, 0.4) is 0 Å². The predicted molar refractivity (Wildman–Crippen MR) is 45.9 cm³/mol. The zero-order valence-electron chi connectivity index (χ0n) is 7.62. The van der Waals surface area contributed by atoms with Gasteiger partial charge in [0, 0.05) is 5.92 Å². The summed E-state index contributed by atoms with van der Waals surface area (Å²) in [5, 5.41) is 8.47. The molecule has 12 heavy (non-hydrogen) atoms. The second-order valence-corrected chi connectivity index (χ2v) is 3.08. The molecule has 3 N–H and O–H groups in total. The van der Waals surface area contributed by atoms with Gasteiger partial charge in [0.2, 0.25) is 0 Å². The first-order valence-electron chi connectivity index (χ1n) is 4.09. The third-order valence-electron chi connectivity index (χ3n) is 1.46. The van der Waals surface area contributed by atoms with E-state index in [1.54, 1.807) is 0 Å². The molecule has 0 amide bonds. The zero-order valence-corrected chi connectivity index (χ0v) is 7.62. The van der Waals surface area contributed by atoms with Crippen LogP contribution in [0.15, 0.2) is 0 Å². The Morgan fingerprint density at radius 3 is 2.50 bits per heavy atom. The molecule has 0 saturated heterocycles. The van der Waals surface area contributed by atoms with Crippen molar-refractivity contribution in [3.8, 4) is 0 Å². The van der Waals surface area contributed by atoms with E-state index in [0.29, 0.717) is 13.2 Å². The van der Waals surface area contributed by atoms with Gasteiger partial charge in [0.25, 0.3) is 0 Å². The van der Waals surface area contributed by atoms with Gasteiger partial charge in [-0.05, 0) is 20.4 Å². The van der Waals surface area contributed by atoms with Crippen molar-refractivity contribution in [3.63, 3.8) is 0 Å². The molecule has 0 aromatic heterocycles. The molecule has 0 spiro atoms. The number of aliphatic carboxylic acids is 1. The highest BCUT2D eigenvalue weighted by molar-refractivity contribution is 5.67. The van der Waals surface area contributed by atoms with E-state index in [4.69, 9.17) is 15.6 Å². The van der Waals surface area contributed by atoms with Gasteiger partial charge < -0.3 is 15.6 Å². The highest BCUT2D eigenvalue weighted by Crippen LogP contribution is 2.03. The van der Waals surface area contributed by atoms with E-state index in [1.165, 1.54) is 0 Å². The minimum Gasteiger partial charge on any atom is -0.481 e. The fourth-order valence-corrected chi connectivity index (χ4v) is 0.786. The Labute approximate surface area is 72.7 Å². The summed E-state index contributed by atoms with van der Waals surface area (Å²) in [6, 6.07) is 0. The van der Waals surface area contributed by atoms with Crippen molar-refractivity contribution in [2.24, 2.45) is 11.7 Å². The predicted octanol–water partition coefficient (Wildman–Crippen LogP) is 0.461. The number of hydrogen-bond acceptors (Lipinski definition) is 3. The van der Waals surface area contributed by atoms with Crippen LogP contribution < -0.4 is 5.73 Å². The fraction of sp³-hybridized carbons (Fsp3) is 0.875. The van der Waals surface area contributed by atoms with Crippen molar-refractivity contribution < 1.29 is 14.6 Å². The normalized spacial score (nSPS) is 13.3. The monoisotopic (exact) mass is 175 g/mol. The minimum atomic E-state index is -0.821. The van der Waals surface area contributed by atoms with E-state index in [1.807, 2.05) is 13.8 Å². The van der Waals surface area contributed by atoms with Gasteiger partial charge in [0.1, 0.15) is 0 Å². The fourth-order valence-electron chi connectivity index (χ4n) is 0.786. The Balaban J connectivity index is 3.60. The Hall–Kier alpha value is -0.610. The van der Waals surface area contributed by atoms with E-state index in [0.717, 1.165) is 0 Å². The van der Waals surface area contributed by atoms with E-state index >= 15 is 0 Å². The molecule has 0 aliphatic carbocycles. The topological polar surface area (TPSA) is 72.5 Å². The van der Waals surface area contributed by atoms with Gasteiger partial charge in [0.15, 0.2) is 0 Å². The van der Waals surface area contributed by atoms with Gasteiger partial charge in [-0.2, -0.15) is 0 Å². The maximum absolute atomic E-state index is 10.3. The Kier molecular flexibility index (Phi) is 5.66. The molecule has 0 radical (unpaired) electrons. The number of carboxylic acids is 1. The Morgan fingerprint density at radius 1 is 1.58 bits per heavy atom. The molecular weight excluding hydrogens is 158 g/mol. The third-order valence-corrected chi connectivity index (χ3v) is 1.46. The van der Waals surface area contributed by atoms with Gasteiger partial charge in [-0.1, -0.05) is 0 Å². The molecule has 1 atom stereocenters. The van der Waals surface area contributed by atoms with Crippen LogP contribution in [0, 0.1) is 5.92 Å². The molecule has 72 valence electrons. The zero-order chi connectivity index (χ0) is 9.56. The van der Waals surface area contributed by atoms with Crippen LogP contribution in [-0.2, 0) is 9.53 Å². The highest BCUT2D eigenvalue weighted by Gasteiger charge is 2.11. The lowest BCUT2D eigenvalue weighted by Crippen LogP contribution is -2.24. The van der Waals surface area contributed by atoms with Crippen LogP contribution in [0.25, 0.3) is 0 Å². The molecule has 0 aliphatic rings. The van der Waals surface area contributed by atoms with Crippen LogP contribution >= 0.6 is 0 Å². The van der Waals surface area contributed by atoms with Crippen LogP contribution in [-0.4, -0.2) is 30.3 Å². The number of nitrogens with two attached hydrogens (primary N) is 1. The van der Waals surface area contributed by atoms with E-state index in [2.05, 4.69) is 0 Å². The molecule has 0 heterocycles. The molecule has 0 saturated carbocycles. The largest absolute Gasteiger partial charge is 0.481 e. The second-order valence-electron chi connectivity index (χ2n) is 3.08. The maximum Gasteiger partial charge on any atom is 0.303 e. The molecule has 0 fully saturated rings. The summed E-state index contributed by atoms with van der Waals surface area (Å²) in [6.45, 7) is 4.61. The number of carboxylic acid groups (broad SMARTS) is 1. The summed E-state index contributed by atoms with van der Waals surface area (Å²) >= 11 is 0. The summed E-state index contributed by atoms with van der Waals surface area (Å²) in [7, 11) is 0. The SMILES string of the molecule is CC(C)OCC(CN)CC(=O)O. The molecule has 4 nitrogen and oxygen atoms in total. The molecule has 1 unspecified atom stereocenters. The van der Waals surface area contributed by atoms with Gasteiger partial charge in [-0.15, -0.1) is 0 Å². The van der Waals surface area contributed by atoms with Crippen molar-refractivity contribution in [1.82, 2.24) is 0 Å².